The minimum Gasteiger partial charge on any atom is -0.508 e. The van der Waals surface area contributed by atoms with Gasteiger partial charge in [-0.2, -0.15) is 0 Å². The van der Waals surface area contributed by atoms with Gasteiger partial charge in [0, 0.05) is 12.1 Å². The van der Waals surface area contributed by atoms with E-state index in [1.54, 1.807) is 0 Å². The molecule has 160 valence electrons. The smallest absolute Gasteiger partial charge is 0.229 e. The highest BCUT2D eigenvalue weighted by Crippen LogP contribution is 2.37. The Kier molecular flexibility index (Phi) is 4.92. The molecular formula is C19H18O11. The maximum Gasteiger partial charge on any atom is 0.229 e. The molecule has 0 unspecified atom stereocenters. The zero-order valence-corrected chi connectivity index (χ0v) is 15.2. The van der Waals surface area contributed by atoms with Crippen molar-refractivity contribution >= 4 is 21.9 Å². The molecule has 2 heterocycles. The molecule has 11 heteroatoms. The highest BCUT2D eigenvalue weighted by Gasteiger charge is 2.45. The quantitative estimate of drug-likeness (QED) is 0.263. The molecule has 0 saturated carbocycles. The summed E-state index contributed by atoms with van der Waals surface area (Å²) in [6.07, 6.45) is -7.78. The summed E-state index contributed by atoms with van der Waals surface area (Å²) in [7, 11) is 0. The molecular weight excluding hydrogens is 404 g/mol. The predicted molar refractivity (Wildman–Crippen MR) is 99.4 cm³/mol. The molecule has 0 spiro atoms. The zero-order chi connectivity index (χ0) is 21.7. The molecule has 11 nitrogen and oxygen atoms in total. The Morgan fingerprint density at radius 1 is 0.933 bits per heavy atom. The second-order valence-corrected chi connectivity index (χ2v) is 6.87. The van der Waals surface area contributed by atoms with E-state index in [0.29, 0.717) is 0 Å². The van der Waals surface area contributed by atoms with Crippen LogP contribution in [0, 0.1) is 0 Å². The van der Waals surface area contributed by atoms with Crippen LogP contribution in [-0.2, 0) is 4.74 Å². The van der Waals surface area contributed by atoms with Crippen molar-refractivity contribution in [2.75, 3.05) is 6.61 Å². The lowest BCUT2D eigenvalue weighted by Gasteiger charge is -2.39. The van der Waals surface area contributed by atoms with Crippen molar-refractivity contribution in [2.45, 2.75) is 30.7 Å². The lowest BCUT2D eigenvalue weighted by atomic mass is 9.99. The van der Waals surface area contributed by atoms with Crippen molar-refractivity contribution in [2.24, 2.45) is 0 Å². The van der Waals surface area contributed by atoms with E-state index in [4.69, 9.17) is 13.9 Å². The molecule has 30 heavy (non-hydrogen) atoms. The monoisotopic (exact) mass is 422 g/mol. The summed E-state index contributed by atoms with van der Waals surface area (Å²) in [6.45, 7) is -0.667. The Balaban J connectivity index is 1.86. The number of phenolic OH excluding ortho intramolecular Hbond substituents is 3. The van der Waals surface area contributed by atoms with Crippen LogP contribution < -0.4 is 10.2 Å². The van der Waals surface area contributed by atoms with Crippen molar-refractivity contribution in [3.8, 4) is 23.0 Å². The number of fused-ring (bicyclic) bond motifs is 2. The minimum absolute atomic E-state index is 0.186. The van der Waals surface area contributed by atoms with Crippen LogP contribution in [-0.4, -0.2) is 73.1 Å². The van der Waals surface area contributed by atoms with E-state index in [1.807, 2.05) is 0 Å². The topological polar surface area (TPSA) is 190 Å². The van der Waals surface area contributed by atoms with Gasteiger partial charge >= 0.3 is 0 Å². The molecule has 1 aliphatic rings. The van der Waals surface area contributed by atoms with Crippen LogP contribution in [0.1, 0.15) is 0 Å². The first-order valence-corrected chi connectivity index (χ1v) is 8.84. The fourth-order valence-corrected chi connectivity index (χ4v) is 3.39. The summed E-state index contributed by atoms with van der Waals surface area (Å²) in [5, 5.41) is 68.4. The second-order valence-electron chi connectivity index (χ2n) is 6.87. The molecule has 4 rings (SSSR count). The number of rotatable bonds is 3. The summed E-state index contributed by atoms with van der Waals surface area (Å²) in [5.41, 5.74) is -1.29. The summed E-state index contributed by atoms with van der Waals surface area (Å²) in [6, 6.07) is 4.34. The number of ether oxygens (including phenoxy) is 2. The number of aliphatic hydroxyl groups is 4. The molecule has 1 aliphatic heterocycles. The molecule has 7 N–H and O–H groups in total. The van der Waals surface area contributed by atoms with Crippen LogP contribution in [0.5, 0.6) is 23.0 Å². The van der Waals surface area contributed by atoms with Gasteiger partial charge in [0.25, 0.3) is 0 Å². The van der Waals surface area contributed by atoms with Crippen LogP contribution in [0.15, 0.2) is 33.5 Å². The van der Waals surface area contributed by atoms with Gasteiger partial charge in [0.2, 0.25) is 11.7 Å². The normalized spacial score (nSPS) is 26.9. The van der Waals surface area contributed by atoms with Gasteiger partial charge in [0.05, 0.1) is 6.61 Å². The van der Waals surface area contributed by atoms with Crippen LogP contribution in [0.3, 0.4) is 0 Å². The van der Waals surface area contributed by atoms with E-state index in [0.717, 1.165) is 18.2 Å². The largest absolute Gasteiger partial charge is 0.508 e. The van der Waals surface area contributed by atoms with Gasteiger partial charge in [0.1, 0.15) is 58.0 Å². The molecule has 1 fully saturated rings. The lowest BCUT2D eigenvalue weighted by Crippen LogP contribution is -2.60. The number of phenols is 3. The van der Waals surface area contributed by atoms with Crippen LogP contribution >= 0.6 is 0 Å². The molecule has 5 atom stereocenters. The van der Waals surface area contributed by atoms with E-state index < -0.39 is 54.2 Å². The number of hydrogen-bond donors (Lipinski definition) is 7. The number of benzene rings is 2. The first kappa shape index (κ1) is 20.2. The average molecular weight is 422 g/mol. The first-order chi connectivity index (χ1) is 14.2. The van der Waals surface area contributed by atoms with Gasteiger partial charge in [0.15, 0.2) is 11.3 Å². The number of hydrogen-bond acceptors (Lipinski definition) is 11. The van der Waals surface area contributed by atoms with Gasteiger partial charge < -0.3 is 49.6 Å². The zero-order valence-electron chi connectivity index (χ0n) is 15.2. The van der Waals surface area contributed by atoms with Crippen LogP contribution in [0.4, 0.5) is 0 Å². The van der Waals surface area contributed by atoms with Crippen molar-refractivity contribution in [3.05, 3.63) is 34.5 Å². The molecule has 2 aromatic carbocycles. The summed E-state index contributed by atoms with van der Waals surface area (Å²) in [4.78, 5) is 12.8. The minimum atomic E-state index is -1.72. The van der Waals surface area contributed by atoms with Gasteiger partial charge in [-0.15, -0.1) is 0 Å². The molecule has 0 amide bonds. The Labute approximate surface area is 167 Å². The molecule has 3 aromatic rings. The van der Waals surface area contributed by atoms with Crippen molar-refractivity contribution in [3.63, 3.8) is 0 Å². The Bertz CT molecular complexity index is 1170. The Morgan fingerprint density at radius 3 is 2.37 bits per heavy atom. The number of aromatic hydroxyl groups is 3. The fourth-order valence-electron chi connectivity index (χ4n) is 3.39. The highest BCUT2D eigenvalue weighted by molar-refractivity contribution is 5.98. The van der Waals surface area contributed by atoms with Gasteiger partial charge in [-0.1, -0.05) is 0 Å². The second kappa shape index (κ2) is 7.31. The first-order valence-electron chi connectivity index (χ1n) is 8.84. The molecule has 1 aromatic heterocycles. The third-order valence-corrected chi connectivity index (χ3v) is 4.92. The standard InChI is InChI=1S/C19H18O11/c20-5-11-14(24)16(26)17(27)19(30-11)29-9-2-1-7(22)13-15(25)12-8(23)3-6(21)4-10(12)28-18(9)13/h1-4,11,14,16-17,19-24,26-27H,5H2/t11-,14-,16+,17-,19-/m1/s1. The highest BCUT2D eigenvalue weighted by atomic mass is 16.7. The van der Waals surface area contributed by atoms with E-state index in [-0.39, 0.29) is 33.4 Å². The maximum atomic E-state index is 12.8. The Hall–Kier alpha value is -3.09. The van der Waals surface area contributed by atoms with Gasteiger partial charge in [-0.25, -0.2) is 0 Å². The van der Waals surface area contributed by atoms with E-state index >= 15 is 0 Å². The summed E-state index contributed by atoms with van der Waals surface area (Å²) >= 11 is 0. The Morgan fingerprint density at radius 2 is 1.67 bits per heavy atom. The third kappa shape index (κ3) is 3.09. The van der Waals surface area contributed by atoms with E-state index in [2.05, 4.69) is 0 Å². The molecule has 1 saturated heterocycles. The van der Waals surface area contributed by atoms with Crippen LogP contribution in [0.25, 0.3) is 21.9 Å². The summed E-state index contributed by atoms with van der Waals surface area (Å²) < 4.78 is 16.4. The van der Waals surface area contributed by atoms with Crippen molar-refractivity contribution in [1.82, 2.24) is 0 Å². The van der Waals surface area contributed by atoms with E-state index in [9.17, 15) is 40.5 Å². The lowest BCUT2D eigenvalue weighted by molar-refractivity contribution is -0.277. The third-order valence-electron chi connectivity index (χ3n) is 4.92. The predicted octanol–water partition coefficient (Wildman–Crippen LogP) is -0.758. The van der Waals surface area contributed by atoms with Gasteiger partial charge in [-0.05, 0) is 12.1 Å². The fraction of sp³-hybridized carbons (Fsp3) is 0.316. The molecule has 0 aliphatic carbocycles. The molecule has 0 radical (unpaired) electrons. The number of aliphatic hydroxyl groups excluding tert-OH is 4. The average Bonchev–Trinajstić information content (AvgIpc) is 2.69. The molecule has 0 bridgehead atoms. The SMILES string of the molecule is O=c1c2c(O)cc(O)cc2oc2c(O[C@@H]3O[C@H](CO)[C@@H](O)[C@H](O)[C@H]3O)ccc(O)c12. The van der Waals surface area contributed by atoms with Crippen molar-refractivity contribution < 1.29 is 49.6 Å². The van der Waals surface area contributed by atoms with Gasteiger partial charge in [-0.3, -0.25) is 4.79 Å². The maximum absolute atomic E-state index is 12.8. The van der Waals surface area contributed by atoms with E-state index in [1.165, 1.54) is 6.07 Å². The summed E-state index contributed by atoms with van der Waals surface area (Å²) in [5.74, 6) is -1.59. The van der Waals surface area contributed by atoms with Crippen molar-refractivity contribution in [1.29, 1.82) is 0 Å². The van der Waals surface area contributed by atoms with Crippen LogP contribution in [0.2, 0.25) is 0 Å².